The van der Waals surface area contributed by atoms with E-state index in [4.69, 9.17) is 0 Å². The van der Waals surface area contributed by atoms with Gasteiger partial charge in [-0.1, -0.05) is 0 Å². The van der Waals surface area contributed by atoms with Crippen molar-refractivity contribution in [1.29, 1.82) is 0 Å². The molecule has 2 aromatic heterocycles. The lowest BCUT2D eigenvalue weighted by atomic mass is 10.3. The van der Waals surface area contributed by atoms with E-state index in [1.54, 1.807) is 4.57 Å². The number of hydrogen-bond acceptors (Lipinski definition) is 4. The summed E-state index contributed by atoms with van der Waals surface area (Å²) in [6.07, 6.45) is 1.75. The quantitative estimate of drug-likeness (QED) is 0.723. The zero-order valence-electron chi connectivity index (χ0n) is 8.61. The van der Waals surface area contributed by atoms with E-state index in [0.717, 1.165) is 0 Å². The van der Waals surface area contributed by atoms with Crippen LogP contribution in [0.25, 0.3) is 11.2 Å². The van der Waals surface area contributed by atoms with E-state index in [1.807, 2.05) is 0 Å². The summed E-state index contributed by atoms with van der Waals surface area (Å²) in [4.78, 5) is 41.7. The highest BCUT2D eigenvalue weighted by atomic mass is 16.2. The largest absolute Gasteiger partial charge is 0.327 e. The second kappa shape index (κ2) is 3.76. The highest BCUT2D eigenvalue weighted by Gasteiger charge is 2.08. The van der Waals surface area contributed by atoms with Gasteiger partial charge in [0.1, 0.15) is 5.78 Å². The second-order valence-corrected chi connectivity index (χ2v) is 3.50. The van der Waals surface area contributed by atoms with Gasteiger partial charge in [-0.05, 0) is 6.92 Å². The molecule has 0 bridgehead atoms. The topological polar surface area (TPSA) is 101 Å². The number of fused-ring (bicyclic) bond motifs is 1. The van der Waals surface area contributed by atoms with E-state index in [9.17, 15) is 14.4 Å². The fraction of sp³-hybridized carbons (Fsp3) is 0.333. The van der Waals surface area contributed by atoms with Crippen LogP contribution in [-0.2, 0) is 11.3 Å². The van der Waals surface area contributed by atoms with E-state index < -0.39 is 11.2 Å². The molecule has 16 heavy (non-hydrogen) atoms. The predicted molar refractivity (Wildman–Crippen MR) is 56.3 cm³/mol. The molecule has 0 radical (unpaired) electrons. The van der Waals surface area contributed by atoms with Crippen molar-refractivity contribution in [2.45, 2.75) is 19.9 Å². The van der Waals surface area contributed by atoms with Crippen molar-refractivity contribution in [1.82, 2.24) is 19.5 Å². The Balaban J connectivity index is 2.52. The number of Topliss-reactive ketones (excluding diaryl/α,β-unsaturated/α-hetero) is 1. The van der Waals surface area contributed by atoms with Crippen LogP contribution >= 0.6 is 0 Å². The van der Waals surface area contributed by atoms with Crippen LogP contribution < -0.4 is 11.2 Å². The molecule has 0 aromatic carbocycles. The average Bonchev–Trinajstić information content (AvgIpc) is 2.57. The number of nitrogens with zero attached hydrogens (tertiary/aromatic N) is 2. The number of nitrogens with one attached hydrogen (secondary N) is 2. The number of ketones is 1. The monoisotopic (exact) mass is 222 g/mol. The van der Waals surface area contributed by atoms with Crippen LogP contribution in [0.1, 0.15) is 13.3 Å². The molecular formula is C9H10N4O3. The number of aryl methyl sites for hydroxylation is 1. The van der Waals surface area contributed by atoms with Gasteiger partial charge in [-0.3, -0.25) is 19.6 Å². The summed E-state index contributed by atoms with van der Waals surface area (Å²) in [6.45, 7) is 1.85. The number of H-pyrrole nitrogens is 2. The number of hydrogen-bond donors (Lipinski definition) is 2. The van der Waals surface area contributed by atoms with Crippen molar-refractivity contribution in [3.63, 3.8) is 0 Å². The maximum atomic E-state index is 11.5. The minimum atomic E-state index is -0.589. The van der Waals surface area contributed by atoms with Crippen LogP contribution in [0, 0.1) is 0 Å². The summed E-state index contributed by atoms with van der Waals surface area (Å²) in [5.41, 5.74) is -0.577. The third kappa shape index (κ3) is 1.79. The molecule has 0 aliphatic heterocycles. The van der Waals surface area contributed by atoms with Crippen LogP contribution in [0.3, 0.4) is 0 Å². The minimum absolute atomic E-state index is 0.0303. The van der Waals surface area contributed by atoms with Crippen molar-refractivity contribution in [3.05, 3.63) is 27.2 Å². The lowest BCUT2D eigenvalue weighted by Gasteiger charge is -1.99. The fourth-order valence-electron chi connectivity index (χ4n) is 1.46. The zero-order chi connectivity index (χ0) is 11.7. The lowest BCUT2D eigenvalue weighted by molar-refractivity contribution is -0.117. The molecular weight excluding hydrogens is 212 g/mol. The van der Waals surface area contributed by atoms with E-state index in [-0.39, 0.29) is 16.9 Å². The first-order valence-electron chi connectivity index (χ1n) is 4.75. The second-order valence-electron chi connectivity index (χ2n) is 3.50. The Bertz CT molecular complexity index is 649. The van der Waals surface area contributed by atoms with Crippen molar-refractivity contribution in [2.24, 2.45) is 0 Å². The Morgan fingerprint density at radius 3 is 2.88 bits per heavy atom. The molecule has 0 unspecified atom stereocenters. The molecule has 7 heteroatoms. The van der Waals surface area contributed by atoms with Crippen LogP contribution in [0.2, 0.25) is 0 Å². The molecule has 0 saturated heterocycles. The Kier molecular flexibility index (Phi) is 2.43. The smallest absolute Gasteiger partial charge is 0.324 e. The molecule has 0 saturated carbocycles. The van der Waals surface area contributed by atoms with E-state index in [1.165, 1.54) is 13.3 Å². The molecule has 0 atom stereocenters. The highest BCUT2D eigenvalue weighted by molar-refractivity contribution is 5.75. The fourth-order valence-corrected chi connectivity index (χ4v) is 1.46. The lowest BCUT2D eigenvalue weighted by Crippen LogP contribution is -2.23. The van der Waals surface area contributed by atoms with Gasteiger partial charge in [0.15, 0.2) is 11.2 Å². The molecule has 84 valence electrons. The minimum Gasteiger partial charge on any atom is -0.324 e. The van der Waals surface area contributed by atoms with Gasteiger partial charge in [-0.2, -0.15) is 0 Å². The van der Waals surface area contributed by atoms with E-state index in [0.29, 0.717) is 13.0 Å². The molecule has 0 aliphatic carbocycles. The summed E-state index contributed by atoms with van der Waals surface area (Å²) in [5.74, 6) is 0.0303. The maximum Gasteiger partial charge on any atom is 0.327 e. The number of carbonyl (C=O) groups is 1. The first-order chi connectivity index (χ1) is 7.58. The summed E-state index contributed by atoms with van der Waals surface area (Å²) < 4.78 is 1.55. The Morgan fingerprint density at radius 1 is 1.44 bits per heavy atom. The number of carbonyl (C=O) groups excluding carboxylic acids is 1. The molecule has 2 aromatic rings. The van der Waals surface area contributed by atoms with Gasteiger partial charge in [0.25, 0.3) is 5.56 Å². The average molecular weight is 222 g/mol. The Morgan fingerprint density at radius 2 is 2.19 bits per heavy atom. The first kappa shape index (κ1) is 10.3. The van der Waals surface area contributed by atoms with Crippen molar-refractivity contribution < 1.29 is 4.79 Å². The van der Waals surface area contributed by atoms with Gasteiger partial charge in [-0.25, -0.2) is 9.78 Å². The molecule has 2 heterocycles. The molecule has 0 spiro atoms. The molecule has 0 fully saturated rings. The normalized spacial score (nSPS) is 10.8. The van der Waals surface area contributed by atoms with Crippen LogP contribution in [0.15, 0.2) is 15.9 Å². The van der Waals surface area contributed by atoms with Crippen molar-refractivity contribution >= 4 is 16.9 Å². The molecule has 0 amide bonds. The third-order valence-corrected chi connectivity index (χ3v) is 2.22. The van der Waals surface area contributed by atoms with Gasteiger partial charge in [0, 0.05) is 13.0 Å². The summed E-state index contributed by atoms with van der Waals surface area (Å²) in [7, 11) is 0. The standard InChI is InChI=1S/C9H10N4O3/c1-5(14)2-3-13-4-10-7-6(13)8(15)12-9(16)11-7/h4H,2-3H2,1H3,(H2,11,12,15,16). The van der Waals surface area contributed by atoms with Gasteiger partial charge >= 0.3 is 5.69 Å². The number of imidazole rings is 1. The van der Waals surface area contributed by atoms with E-state index >= 15 is 0 Å². The zero-order valence-corrected chi connectivity index (χ0v) is 8.61. The number of aromatic nitrogens is 4. The van der Waals surface area contributed by atoms with Gasteiger partial charge < -0.3 is 4.57 Å². The van der Waals surface area contributed by atoms with Crippen molar-refractivity contribution in [3.8, 4) is 0 Å². The molecule has 7 nitrogen and oxygen atoms in total. The van der Waals surface area contributed by atoms with Gasteiger partial charge in [0.2, 0.25) is 0 Å². The molecule has 2 N–H and O–H groups in total. The predicted octanol–water partition coefficient (Wildman–Crippen LogP) is -0.608. The highest BCUT2D eigenvalue weighted by Crippen LogP contribution is 2.03. The first-order valence-corrected chi connectivity index (χ1v) is 4.75. The summed E-state index contributed by atoms with van der Waals surface area (Å²) in [6, 6.07) is 0. The van der Waals surface area contributed by atoms with Crippen LogP contribution in [0.4, 0.5) is 0 Å². The Labute approximate surface area is 89.1 Å². The van der Waals surface area contributed by atoms with Crippen LogP contribution in [-0.4, -0.2) is 25.3 Å². The molecule has 2 rings (SSSR count). The van der Waals surface area contributed by atoms with Gasteiger partial charge in [0.05, 0.1) is 6.33 Å². The SMILES string of the molecule is CC(=O)CCn1cnc2[nH]c(=O)[nH]c(=O)c21. The number of aromatic amines is 2. The van der Waals surface area contributed by atoms with Gasteiger partial charge in [-0.15, -0.1) is 0 Å². The number of rotatable bonds is 3. The van der Waals surface area contributed by atoms with Crippen molar-refractivity contribution in [2.75, 3.05) is 0 Å². The Hall–Kier alpha value is -2.18. The van der Waals surface area contributed by atoms with Crippen LogP contribution in [0.5, 0.6) is 0 Å². The molecule has 0 aliphatic rings. The maximum absolute atomic E-state index is 11.5. The summed E-state index contributed by atoms with van der Waals surface area (Å²) in [5, 5.41) is 0. The summed E-state index contributed by atoms with van der Waals surface area (Å²) >= 11 is 0. The van der Waals surface area contributed by atoms with E-state index in [2.05, 4.69) is 15.0 Å². The third-order valence-electron chi connectivity index (χ3n) is 2.22.